The molecule has 1 unspecified atom stereocenters. The fraction of sp³-hybridized carbons (Fsp3) is 0.455. The van der Waals surface area contributed by atoms with Crippen LogP contribution in [0.15, 0.2) is 10.8 Å². The number of carbonyl (C=O) groups excluding carboxylic acids is 1. The Hall–Kier alpha value is -0.940. The van der Waals surface area contributed by atoms with Crippen molar-refractivity contribution in [3.8, 4) is 0 Å². The van der Waals surface area contributed by atoms with Gasteiger partial charge in [0.15, 0.2) is 0 Å². The van der Waals surface area contributed by atoms with Crippen molar-refractivity contribution in [2.45, 2.75) is 26.3 Å². The lowest BCUT2D eigenvalue weighted by molar-refractivity contribution is 0.0748. The van der Waals surface area contributed by atoms with Crippen molar-refractivity contribution in [3.05, 3.63) is 21.9 Å². The van der Waals surface area contributed by atoms with E-state index in [0.717, 1.165) is 11.1 Å². The zero-order valence-electron chi connectivity index (χ0n) is 9.69. The molecule has 1 aromatic heterocycles. The van der Waals surface area contributed by atoms with Crippen LogP contribution in [0.4, 0.5) is 0 Å². The molecule has 0 aliphatic rings. The maximum atomic E-state index is 12.1. The third kappa shape index (κ3) is 3.02. The van der Waals surface area contributed by atoms with Crippen molar-refractivity contribution in [1.82, 2.24) is 4.90 Å². The maximum Gasteiger partial charge on any atom is 0.254 e. The predicted octanol–water partition coefficient (Wildman–Crippen LogP) is 2.19. The second kappa shape index (κ2) is 5.41. The Balaban J connectivity index is 2.75. The van der Waals surface area contributed by atoms with Crippen LogP contribution >= 0.6 is 23.6 Å². The minimum atomic E-state index is 0.0301. The lowest BCUT2D eigenvalue weighted by Gasteiger charge is -2.24. The molecule has 1 heterocycles. The van der Waals surface area contributed by atoms with Crippen LogP contribution in [0.3, 0.4) is 0 Å². The van der Waals surface area contributed by atoms with E-state index in [-0.39, 0.29) is 11.9 Å². The highest BCUT2D eigenvalue weighted by Gasteiger charge is 2.19. The molecule has 1 aromatic rings. The molecule has 0 radical (unpaired) electrons. The molecule has 0 saturated carbocycles. The van der Waals surface area contributed by atoms with Crippen molar-refractivity contribution in [2.75, 3.05) is 7.05 Å². The van der Waals surface area contributed by atoms with Gasteiger partial charge in [0.25, 0.3) is 5.91 Å². The summed E-state index contributed by atoms with van der Waals surface area (Å²) in [6.07, 6.45) is 0.556. The lowest BCUT2D eigenvalue weighted by Crippen LogP contribution is -2.37. The minimum Gasteiger partial charge on any atom is -0.393 e. The summed E-state index contributed by atoms with van der Waals surface area (Å²) in [5.74, 6) is 0.0301. The van der Waals surface area contributed by atoms with E-state index >= 15 is 0 Å². The van der Waals surface area contributed by atoms with E-state index in [1.807, 2.05) is 24.6 Å². The summed E-state index contributed by atoms with van der Waals surface area (Å²) in [7, 11) is 1.78. The van der Waals surface area contributed by atoms with Gasteiger partial charge in [0.1, 0.15) is 0 Å². The average molecular weight is 256 g/mol. The van der Waals surface area contributed by atoms with Crippen LogP contribution in [-0.4, -0.2) is 28.9 Å². The van der Waals surface area contributed by atoms with Crippen LogP contribution in [-0.2, 0) is 0 Å². The highest BCUT2D eigenvalue weighted by molar-refractivity contribution is 7.80. The summed E-state index contributed by atoms with van der Waals surface area (Å²) in [4.78, 5) is 14.2. The molecule has 0 aliphatic carbocycles. The van der Waals surface area contributed by atoms with Gasteiger partial charge in [0.05, 0.1) is 10.6 Å². The van der Waals surface area contributed by atoms with Crippen molar-refractivity contribution >= 4 is 34.5 Å². The molecule has 0 saturated heterocycles. The van der Waals surface area contributed by atoms with Crippen LogP contribution in [0.1, 0.15) is 29.3 Å². The molecule has 0 bridgehead atoms. The first-order valence-corrected chi connectivity index (χ1v) is 6.36. The van der Waals surface area contributed by atoms with E-state index in [1.54, 1.807) is 11.9 Å². The average Bonchev–Trinajstić information content (AvgIpc) is 2.61. The molecule has 2 N–H and O–H groups in total. The number of hydrogen-bond acceptors (Lipinski definition) is 3. The number of carbonyl (C=O) groups is 1. The van der Waals surface area contributed by atoms with Gasteiger partial charge in [-0.2, -0.15) is 11.3 Å². The van der Waals surface area contributed by atoms with Crippen molar-refractivity contribution in [3.63, 3.8) is 0 Å². The van der Waals surface area contributed by atoms with Gasteiger partial charge in [-0.15, -0.1) is 0 Å². The lowest BCUT2D eigenvalue weighted by atomic mass is 10.1. The maximum absolute atomic E-state index is 12.1. The Bertz CT molecular complexity index is 400. The molecule has 0 fully saturated rings. The SMILES string of the molecule is Cc1cscc1C(=O)N(C)C(C)CC(N)=S. The van der Waals surface area contributed by atoms with Crippen LogP contribution in [0.5, 0.6) is 0 Å². The Morgan fingerprint density at radius 2 is 2.25 bits per heavy atom. The number of aryl methyl sites for hydroxylation is 1. The molecule has 0 aliphatic heterocycles. The van der Waals surface area contributed by atoms with Gasteiger partial charge in [0, 0.05) is 24.9 Å². The quantitative estimate of drug-likeness (QED) is 0.840. The first kappa shape index (κ1) is 13.1. The third-order valence-electron chi connectivity index (χ3n) is 2.56. The normalized spacial score (nSPS) is 12.2. The molecule has 0 aromatic carbocycles. The Kier molecular flexibility index (Phi) is 4.44. The predicted molar refractivity (Wildman–Crippen MR) is 72.0 cm³/mol. The summed E-state index contributed by atoms with van der Waals surface area (Å²) < 4.78 is 0. The summed E-state index contributed by atoms with van der Waals surface area (Å²) in [6, 6.07) is 0.0318. The number of rotatable bonds is 4. The van der Waals surface area contributed by atoms with Gasteiger partial charge in [0.2, 0.25) is 0 Å². The molecule has 1 atom stereocenters. The molecule has 1 amide bonds. The van der Waals surface area contributed by atoms with Crippen LogP contribution < -0.4 is 5.73 Å². The van der Waals surface area contributed by atoms with E-state index in [2.05, 4.69) is 0 Å². The fourth-order valence-electron chi connectivity index (χ4n) is 1.40. The standard InChI is InChI=1S/C11H16N2OS2/c1-7-5-16-6-9(7)11(14)13(3)8(2)4-10(12)15/h5-6,8H,4H2,1-3H3,(H2,12,15). The number of thiophene rings is 1. The molecular weight excluding hydrogens is 240 g/mol. The summed E-state index contributed by atoms with van der Waals surface area (Å²) in [5, 5.41) is 3.85. The third-order valence-corrected chi connectivity index (χ3v) is 3.59. The summed E-state index contributed by atoms with van der Waals surface area (Å²) in [6.45, 7) is 3.88. The molecule has 88 valence electrons. The van der Waals surface area contributed by atoms with Gasteiger partial charge in [-0.25, -0.2) is 0 Å². The van der Waals surface area contributed by atoms with Crippen LogP contribution in [0.25, 0.3) is 0 Å². The van der Waals surface area contributed by atoms with Gasteiger partial charge < -0.3 is 10.6 Å². The van der Waals surface area contributed by atoms with Crippen LogP contribution in [0, 0.1) is 6.92 Å². The number of hydrogen-bond donors (Lipinski definition) is 1. The largest absolute Gasteiger partial charge is 0.393 e. The number of amides is 1. The minimum absolute atomic E-state index is 0.0301. The smallest absolute Gasteiger partial charge is 0.254 e. The number of nitrogens with zero attached hydrogens (tertiary/aromatic N) is 1. The van der Waals surface area contributed by atoms with Crippen molar-refractivity contribution in [1.29, 1.82) is 0 Å². The zero-order chi connectivity index (χ0) is 12.3. The summed E-state index contributed by atoms with van der Waals surface area (Å²) in [5.41, 5.74) is 7.26. The monoisotopic (exact) mass is 256 g/mol. The highest BCUT2D eigenvalue weighted by atomic mass is 32.1. The highest BCUT2D eigenvalue weighted by Crippen LogP contribution is 2.17. The molecule has 5 heteroatoms. The van der Waals surface area contributed by atoms with Gasteiger partial charge in [-0.1, -0.05) is 12.2 Å². The van der Waals surface area contributed by atoms with E-state index in [1.165, 1.54) is 11.3 Å². The molecule has 1 rings (SSSR count). The molecule has 0 spiro atoms. The topological polar surface area (TPSA) is 46.3 Å². The molecule has 3 nitrogen and oxygen atoms in total. The Morgan fingerprint density at radius 1 is 1.62 bits per heavy atom. The number of nitrogens with two attached hydrogens (primary N) is 1. The second-order valence-electron chi connectivity index (χ2n) is 3.90. The number of thiocarbonyl (C=S) groups is 1. The van der Waals surface area contributed by atoms with Gasteiger partial charge >= 0.3 is 0 Å². The van der Waals surface area contributed by atoms with E-state index in [0.29, 0.717) is 11.4 Å². The van der Waals surface area contributed by atoms with E-state index in [4.69, 9.17) is 18.0 Å². The Labute approximate surface area is 105 Å². The van der Waals surface area contributed by atoms with E-state index < -0.39 is 0 Å². The first-order valence-electron chi connectivity index (χ1n) is 5.01. The summed E-state index contributed by atoms with van der Waals surface area (Å²) >= 11 is 6.38. The van der Waals surface area contributed by atoms with Crippen molar-refractivity contribution in [2.24, 2.45) is 5.73 Å². The fourth-order valence-corrected chi connectivity index (χ4v) is 2.46. The van der Waals surface area contributed by atoms with Gasteiger partial charge in [-0.05, 0) is 24.8 Å². The van der Waals surface area contributed by atoms with E-state index in [9.17, 15) is 4.79 Å². The Morgan fingerprint density at radius 3 is 2.69 bits per heavy atom. The van der Waals surface area contributed by atoms with Gasteiger partial charge in [-0.3, -0.25) is 4.79 Å². The first-order chi connectivity index (χ1) is 7.43. The van der Waals surface area contributed by atoms with Crippen molar-refractivity contribution < 1.29 is 4.79 Å². The molecular formula is C11H16N2OS2. The second-order valence-corrected chi connectivity index (χ2v) is 5.17. The zero-order valence-corrected chi connectivity index (χ0v) is 11.3. The van der Waals surface area contributed by atoms with Crippen LogP contribution in [0.2, 0.25) is 0 Å². The molecule has 16 heavy (non-hydrogen) atoms.